The Morgan fingerprint density at radius 2 is 0.583 bits per heavy atom. The van der Waals surface area contributed by atoms with E-state index < -0.39 is 0 Å². The van der Waals surface area contributed by atoms with Crippen molar-refractivity contribution in [1.29, 1.82) is 0 Å². The molecular formula is C8H18W4. The molecule has 0 fully saturated rings. The largest absolute Gasteiger partial charge is 2.00 e. The fourth-order valence-corrected chi connectivity index (χ4v) is 0. The summed E-state index contributed by atoms with van der Waals surface area (Å²) in [4.78, 5) is 0. The summed E-state index contributed by atoms with van der Waals surface area (Å²) in [5.41, 5.74) is 0. The Kier molecular flexibility index (Phi) is 505. The molecule has 0 spiro atoms. The average molecular weight is 850 g/mol. The van der Waals surface area contributed by atoms with Crippen LogP contribution in [0.15, 0.2) is 0 Å². The van der Waals surface area contributed by atoms with E-state index in [1.807, 2.05) is 0 Å². The molecule has 74 valence electrons. The second kappa shape index (κ2) is 99.0. The summed E-state index contributed by atoms with van der Waals surface area (Å²) in [5, 5.41) is 0. The minimum absolute atomic E-state index is 0. The quantitative estimate of drug-likeness (QED) is 0.330. The fourth-order valence-electron chi connectivity index (χ4n) is 0. The van der Waals surface area contributed by atoms with Crippen molar-refractivity contribution in [2.45, 2.75) is 12.8 Å². The molecule has 0 atom stereocenters. The van der Waals surface area contributed by atoms with E-state index in [1.165, 1.54) is 0 Å². The van der Waals surface area contributed by atoms with Crippen LogP contribution in [0.2, 0.25) is 0 Å². The molecule has 0 amide bonds. The molecule has 0 rings (SSSR count). The van der Waals surface area contributed by atoms with Crippen molar-refractivity contribution in [1.82, 2.24) is 0 Å². The minimum Gasteiger partial charge on any atom is -0.372 e. The summed E-state index contributed by atoms with van der Waals surface area (Å²) in [6.07, 6.45) is 1.50. The van der Waals surface area contributed by atoms with Gasteiger partial charge >= 0.3 is 63.2 Å². The van der Waals surface area contributed by atoms with Crippen LogP contribution >= 0.6 is 0 Å². The standard InChI is InChI=1S/2C3H6.2CH3.4W/c2*1-3-2;;;;;;/h2*1-3H2;2*1H3;;;;/q2*-2;2*-1;;3*+2. The van der Waals surface area contributed by atoms with E-state index in [0.717, 1.165) is 12.8 Å². The number of hydrogen-bond acceptors (Lipinski definition) is 0. The molecular weight excluding hydrogens is 831 g/mol. The van der Waals surface area contributed by atoms with Crippen LogP contribution < -0.4 is 0 Å². The summed E-state index contributed by atoms with van der Waals surface area (Å²) in [5.74, 6) is 0. The Hall–Kier alpha value is 2.75. The molecule has 0 radical (unpaired) electrons. The van der Waals surface area contributed by atoms with Crippen LogP contribution in [0.25, 0.3) is 0 Å². The van der Waals surface area contributed by atoms with Gasteiger partial charge in [0, 0.05) is 21.1 Å². The molecule has 0 aromatic heterocycles. The van der Waals surface area contributed by atoms with Crippen LogP contribution in [-0.2, 0) is 84.3 Å². The monoisotopic (exact) mass is 850 g/mol. The van der Waals surface area contributed by atoms with Gasteiger partial charge in [0.25, 0.3) is 0 Å². The maximum Gasteiger partial charge on any atom is 2.00 e. The number of rotatable bonds is 0. The summed E-state index contributed by atoms with van der Waals surface area (Å²) >= 11 is 0. The van der Waals surface area contributed by atoms with Crippen LogP contribution in [0.4, 0.5) is 0 Å². The third-order valence-corrected chi connectivity index (χ3v) is 0. The maximum absolute atomic E-state index is 3.38. The Bertz CT molecular complexity index is 13.0. The molecule has 0 heterocycles. The summed E-state index contributed by atoms with van der Waals surface area (Å²) in [6, 6.07) is 0. The van der Waals surface area contributed by atoms with Gasteiger partial charge in [0.2, 0.25) is 0 Å². The topological polar surface area (TPSA) is 0 Å². The molecule has 0 unspecified atom stereocenters. The zero-order chi connectivity index (χ0) is 5.41. The molecule has 0 N–H and O–H groups in total. The van der Waals surface area contributed by atoms with Crippen LogP contribution in [0.5, 0.6) is 0 Å². The van der Waals surface area contributed by atoms with Gasteiger partial charge in [0.1, 0.15) is 0 Å². The van der Waals surface area contributed by atoms with Crippen molar-refractivity contribution in [2.75, 3.05) is 0 Å². The SMILES string of the molecule is [CH2-]C[CH2-].[CH2-]C[CH2-].[CH3-].[CH3-].[W+2].[W+2].[W+2].[W]. The molecule has 0 aliphatic heterocycles. The zero-order valence-corrected chi connectivity index (χ0v) is 19.6. The van der Waals surface area contributed by atoms with Crippen molar-refractivity contribution in [3.63, 3.8) is 0 Å². The van der Waals surface area contributed by atoms with Crippen molar-refractivity contribution >= 4 is 0 Å². The van der Waals surface area contributed by atoms with E-state index in [0.29, 0.717) is 0 Å². The Morgan fingerprint density at radius 3 is 0.583 bits per heavy atom. The van der Waals surface area contributed by atoms with Gasteiger partial charge in [-0.1, -0.05) is 0 Å². The van der Waals surface area contributed by atoms with Gasteiger partial charge in [0.05, 0.1) is 0 Å². The van der Waals surface area contributed by atoms with Crippen LogP contribution in [-0.4, -0.2) is 0 Å². The molecule has 0 aliphatic rings. The predicted octanol–water partition coefficient (Wildman–Crippen LogP) is 2.98. The normalized spacial score (nSPS) is 3.00. The third kappa shape index (κ3) is 232. The molecule has 0 nitrogen and oxygen atoms in total. The molecule has 4 heteroatoms. The van der Waals surface area contributed by atoms with E-state index in [9.17, 15) is 0 Å². The molecule has 0 aliphatic carbocycles. The molecule has 0 saturated carbocycles. The van der Waals surface area contributed by atoms with Gasteiger partial charge in [-0.15, -0.1) is 0 Å². The maximum atomic E-state index is 3.38. The Labute approximate surface area is 138 Å². The van der Waals surface area contributed by atoms with Crippen LogP contribution in [0.3, 0.4) is 0 Å². The van der Waals surface area contributed by atoms with Crippen molar-refractivity contribution < 1.29 is 84.3 Å². The van der Waals surface area contributed by atoms with Crippen molar-refractivity contribution in [3.05, 3.63) is 42.5 Å². The van der Waals surface area contributed by atoms with E-state index in [4.69, 9.17) is 0 Å². The summed E-state index contributed by atoms with van der Waals surface area (Å²) in [6.45, 7) is 13.5. The second-order valence-electron chi connectivity index (χ2n) is 0.707. The second-order valence-corrected chi connectivity index (χ2v) is 0.707. The minimum atomic E-state index is 0. The van der Waals surface area contributed by atoms with Gasteiger partial charge in [-0.2, -0.15) is 0 Å². The smallest absolute Gasteiger partial charge is 0.372 e. The molecule has 0 bridgehead atoms. The zero-order valence-electron chi connectivity index (χ0n) is 7.88. The predicted molar refractivity (Wildman–Crippen MR) is 43.5 cm³/mol. The third-order valence-electron chi connectivity index (χ3n) is 0. The van der Waals surface area contributed by atoms with Crippen LogP contribution in [0, 0.1) is 42.5 Å². The Morgan fingerprint density at radius 1 is 0.583 bits per heavy atom. The van der Waals surface area contributed by atoms with Gasteiger partial charge < -0.3 is 55.4 Å². The van der Waals surface area contributed by atoms with Crippen molar-refractivity contribution in [3.8, 4) is 0 Å². The summed E-state index contributed by atoms with van der Waals surface area (Å²) < 4.78 is 0. The Balaban J connectivity index is -0.00000000296. The van der Waals surface area contributed by atoms with Gasteiger partial charge in [-0.3, -0.25) is 0 Å². The van der Waals surface area contributed by atoms with E-state index >= 15 is 0 Å². The van der Waals surface area contributed by atoms with Gasteiger partial charge in [-0.25, -0.2) is 0 Å². The molecule has 0 aromatic rings. The fraction of sp³-hybridized carbons (Fsp3) is 0.250. The van der Waals surface area contributed by atoms with E-state index in [1.54, 1.807) is 0 Å². The molecule has 0 saturated heterocycles. The van der Waals surface area contributed by atoms with Gasteiger partial charge in [0.15, 0.2) is 0 Å². The number of hydrogen-bond donors (Lipinski definition) is 0. The van der Waals surface area contributed by atoms with E-state index in [2.05, 4.69) is 27.7 Å². The first kappa shape index (κ1) is 61.2. The van der Waals surface area contributed by atoms with E-state index in [-0.39, 0.29) is 99.1 Å². The first-order chi connectivity index (χ1) is 2.83. The first-order valence-electron chi connectivity index (χ1n) is 2.00. The molecule has 0 aromatic carbocycles. The van der Waals surface area contributed by atoms with Gasteiger partial charge in [-0.05, 0) is 0 Å². The molecule has 12 heavy (non-hydrogen) atoms. The first-order valence-corrected chi connectivity index (χ1v) is 2.00. The summed E-state index contributed by atoms with van der Waals surface area (Å²) in [7, 11) is 0. The average Bonchev–Trinajstić information content (AvgIpc) is 1.39. The van der Waals surface area contributed by atoms with Crippen molar-refractivity contribution in [2.24, 2.45) is 0 Å². The van der Waals surface area contributed by atoms with Crippen LogP contribution in [0.1, 0.15) is 12.8 Å².